The number of thioether (sulfide) groups is 1. The van der Waals surface area contributed by atoms with Crippen LogP contribution in [0.25, 0.3) is 0 Å². The summed E-state index contributed by atoms with van der Waals surface area (Å²) < 4.78 is 0. The number of guanidine groups is 1. The molecule has 4 nitrogen and oxygen atoms in total. The molecule has 0 aliphatic carbocycles. The van der Waals surface area contributed by atoms with Crippen LogP contribution in [0.1, 0.15) is 33.1 Å². The molecule has 0 spiro atoms. The summed E-state index contributed by atoms with van der Waals surface area (Å²) >= 11 is 1.86. The molecule has 19 heavy (non-hydrogen) atoms. The van der Waals surface area contributed by atoms with Gasteiger partial charge in [-0.3, -0.25) is 9.89 Å². The molecule has 0 aromatic heterocycles. The molecular weight excluding hydrogens is 256 g/mol. The van der Waals surface area contributed by atoms with E-state index in [9.17, 15) is 0 Å². The third-order valence-electron chi connectivity index (χ3n) is 3.54. The molecule has 5 heteroatoms. The molecule has 0 radical (unpaired) electrons. The Morgan fingerprint density at radius 3 is 2.89 bits per heavy atom. The average Bonchev–Trinajstić information content (AvgIpc) is 2.41. The monoisotopic (exact) mass is 286 g/mol. The van der Waals surface area contributed by atoms with E-state index in [1.54, 1.807) is 0 Å². The molecule has 1 atom stereocenters. The lowest BCUT2D eigenvalue weighted by Crippen LogP contribution is -2.41. The van der Waals surface area contributed by atoms with E-state index in [0.717, 1.165) is 43.9 Å². The molecule has 2 N–H and O–H groups in total. The van der Waals surface area contributed by atoms with Crippen molar-refractivity contribution < 1.29 is 0 Å². The van der Waals surface area contributed by atoms with Crippen molar-refractivity contribution in [1.29, 1.82) is 0 Å². The van der Waals surface area contributed by atoms with Crippen molar-refractivity contribution in [2.75, 3.05) is 44.7 Å². The zero-order valence-electron chi connectivity index (χ0n) is 12.7. The molecule has 0 bridgehead atoms. The van der Waals surface area contributed by atoms with E-state index in [1.807, 2.05) is 11.8 Å². The van der Waals surface area contributed by atoms with Crippen molar-refractivity contribution in [3.63, 3.8) is 0 Å². The van der Waals surface area contributed by atoms with E-state index in [2.05, 4.69) is 40.6 Å². The zero-order chi connectivity index (χ0) is 13.9. The maximum atomic E-state index is 4.66. The van der Waals surface area contributed by atoms with Crippen LogP contribution in [0.4, 0.5) is 0 Å². The highest BCUT2D eigenvalue weighted by molar-refractivity contribution is 7.98. The summed E-state index contributed by atoms with van der Waals surface area (Å²) in [5, 5.41) is 6.67. The van der Waals surface area contributed by atoms with Gasteiger partial charge in [-0.15, -0.1) is 0 Å². The molecule has 0 aromatic carbocycles. The SMILES string of the molecule is CCNC(=NCCN1CCCCC1C)NCCSC. The normalized spacial score (nSPS) is 21.4. The second-order valence-electron chi connectivity index (χ2n) is 5.06. The molecular formula is C14H30N4S. The van der Waals surface area contributed by atoms with Gasteiger partial charge in [0.05, 0.1) is 6.54 Å². The Kier molecular flexibility index (Phi) is 9.08. The van der Waals surface area contributed by atoms with Gasteiger partial charge >= 0.3 is 0 Å². The third-order valence-corrected chi connectivity index (χ3v) is 4.15. The van der Waals surface area contributed by atoms with E-state index < -0.39 is 0 Å². The summed E-state index contributed by atoms with van der Waals surface area (Å²) in [5.41, 5.74) is 0. The Morgan fingerprint density at radius 1 is 1.37 bits per heavy atom. The number of piperidine rings is 1. The number of nitrogens with zero attached hydrogens (tertiary/aromatic N) is 2. The summed E-state index contributed by atoms with van der Waals surface area (Å²) in [4.78, 5) is 7.23. The van der Waals surface area contributed by atoms with Crippen LogP contribution >= 0.6 is 11.8 Å². The molecule has 1 fully saturated rings. The van der Waals surface area contributed by atoms with Crippen molar-refractivity contribution in [3.8, 4) is 0 Å². The van der Waals surface area contributed by atoms with Gasteiger partial charge in [0.25, 0.3) is 0 Å². The van der Waals surface area contributed by atoms with Crippen LogP contribution in [0.5, 0.6) is 0 Å². The average molecular weight is 286 g/mol. The summed E-state index contributed by atoms with van der Waals surface area (Å²) in [6, 6.07) is 0.732. The van der Waals surface area contributed by atoms with E-state index in [4.69, 9.17) is 0 Å². The van der Waals surface area contributed by atoms with E-state index >= 15 is 0 Å². The minimum Gasteiger partial charge on any atom is -0.357 e. The van der Waals surface area contributed by atoms with E-state index in [0.29, 0.717) is 0 Å². The Morgan fingerprint density at radius 2 is 2.21 bits per heavy atom. The second kappa shape index (κ2) is 10.4. The lowest BCUT2D eigenvalue weighted by molar-refractivity contribution is 0.166. The van der Waals surface area contributed by atoms with E-state index in [1.165, 1.54) is 25.8 Å². The zero-order valence-corrected chi connectivity index (χ0v) is 13.6. The molecule has 1 aliphatic heterocycles. The highest BCUT2D eigenvalue weighted by Gasteiger charge is 2.17. The summed E-state index contributed by atoms with van der Waals surface area (Å²) in [6.45, 7) is 9.56. The first-order chi connectivity index (χ1) is 9.27. The minimum absolute atomic E-state index is 0.732. The van der Waals surface area contributed by atoms with Crippen LogP contribution < -0.4 is 10.6 Å². The maximum Gasteiger partial charge on any atom is 0.191 e. The van der Waals surface area contributed by atoms with Gasteiger partial charge in [0.1, 0.15) is 0 Å². The Bertz CT molecular complexity index is 258. The predicted octanol–water partition coefficient (Wildman–Crippen LogP) is 1.78. The quantitative estimate of drug-likeness (QED) is 0.425. The topological polar surface area (TPSA) is 39.7 Å². The number of rotatable bonds is 7. The molecule has 1 rings (SSSR count). The van der Waals surface area contributed by atoms with E-state index in [-0.39, 0.29) is 0 Å². The number of hydrogen-bond donors (Lipinski definition) is 2. The highest BCUT2D eigenvalue weighted by Crippen LogP contribution is 2.15. The van der Waals surface area contributed by atoms with Gasteiger partial charge in [-0.25, -0.2) is 0 Å². The summed E-state index contributed by atoms with van der Waals surface area (Å²) in [7, 11) is 0. The van der Waals surface area contributed by atoms with Gasteiger partial charge in [0, 0.05) is 31.4 Å². The first-order valence-electron chi connectivity index (χ1n) is 7.53. The Hall–Kier alpha value is -0.420. The predicted molar refractivity (Wildman–Crippen MR) is 87.2 cm³/mol. The number of nitrogens with one attached hydrogen (secondary N) is 2. The Balaban J connectivity index is 2.28. The molecule has 1 aliphatic rings. The number of hydrogen-bond acceptors (Lipinski definition) is 3. The van der Waals surface area contributed by atoms with Gasteiger partial charge in [-0.2, -0.15) is 11.8 Å². The van der Waals surface area contributed by atoms with Crippen molar-refractivity contribution in [3.05, 3.63) is 0 Å². The molecule has 112 valence electrons. The van der Waals surface area contributed by atoms with Crippen LogP contribution in [-0.2, 0) is 0 Å². The van der Waals surface area contributed by atoms with Crippen molar-refractivity contribution in [2.24, 2.45) is 4.99 Å². The lowest BCUT2D eigenvalue weighted by atomic mass is 10.0. The number of likely N-dealkylation sites (tertiary alicyclic amines) is 1. The third kappa shape index (κ3) is 7.06. The fourth-order valence-corrected chi connectivity index (χ4v) is 2.70. The van der Waals surface area contributed by atoms with Crippen LogP contribution in [0.15, 0.2) is 4.99 Å². The first kappa shape index (κ1) is 16.6. The van der Waals surface area contributed by atoms with Crippen molar-refractivity contribution in [2.45, 2.75) is 39.2 Å². The Labute approximate surface area is 122 Å². The molecule has 1 saturated heterocycles. The minimum atomic E-state index is 0.732. The molecule has 1 unspecified atom stereocenters. The number of aliphatic imine (C=N–C) groups is 1. The lowest BCUT2D eigenvalue weighted by Gasteiger charge is -2.32. The van der Waals surface area contributed by atoms with Gasteiger partial charge in [-0.05, 0) is 39.5 Å². The largest absolute Gasteiger partial charge is 0.357 e. The standard InChI is InChI=1S/C14H30N4S/c1-4-15-14(17-9-12-19-3)16-8-11-18-10-6-5-7-13(18)2/h13H,4-12H2,1-3H3,(H2,15,16,17). The summed E-state index contributed by atoms with van der Waals surface area (Å²) in [5.74, 6) is 2.08. The highest BCUT2D eigenvalue weighted by atomic mass is 32.2. The molecule has 0 aromatic rings. The van der Waals surface area contributed by atoms with Gasteiger partial charge < -0.3 is 10.6 Å². The van der Waals surface area contributed by atoms with Crippen LogP contribution in [0.2, 0.25) is 0 Å². The maximum absolute atomic E-state index is 4.66. The van der Waals surface area contributed by atoms with Crippen LogP contribution in [-0.4, -0.2) is 61.6 Å². The smallest absolute Gasteiger partial charge is 0.191 e. The van der Waals surface area contributed by atoms with Crippen LogP contribution in [0, 0.1) is 0 Å². The molecule has 1 heterocycles. The molecule has 0 saturated carbocycles. The summed E-state index contributed by atoms with van der Waals surface area (Å²) in [6.07, 6.45) is 6.21. The second-order valence-corrected chi connectivity index (χ2v) is 6.05. The fraction of sp³-hybridized carbons (Fsp3) is 0.929. The van der Waals surface area contributed by atoms with Gasteiger partial charge in [0.15, 0.2) is 5.96 Å². The fourth-order valence-electron chi connectivity index (χ4n) is 2.39. The first-order valence-corrected chi connectivity index (χ1v) is 8.92. The van der Waals surface area contributed by atoms with Gasteiger partial charge in [-0.1, -0.05) is 6.42 Å². The van der Waals surface area contributed by atoms with Crippen molar-refractivity contribution >= 4 is 17.7 Å². The molecule has 0 amide bonds. The van der Waals surface area contributed by atoms with Gasteiger partial charge in [0.2, 0.25) is 0 Å². The van der Waals surface area contributed by atoms with Crippen molar-refractivity contribution in [1.82, 2.24) is 15.5 Å². The van der Waals surface area contributed by atoms with Crippen LogP contribution in [0.3, 0.4) is 0 Å².